The summed E-state index contributed by atoms with van der Waals surface area (Å²) < 4.78 is 12.8. The third-order valence-corrected chi connectivity index (χ3v) is 4.13. The molecule has 2 aromatic rings. The van der Waals surface area contributed by atoms with Crippen LogP contribution >= 0.6 is 0 Å². The van der Waals surface area contributed by atoms with Crippen molar-refractivity contribution in [2.45, 2.75) is 12.8 Å². The Bertz CT molecular complexity index is 716. The van der Waals surface area contributed by atoms with E-state index in [1.54, 1.807) is 12.1 Å². The van der Waals surface area contributed by atoms with E-state index in [0.717, 1.165) is 11.3 Å². The van der Waals surface area contributed by atoms with Crippen molar-refractivity contribution >= 4 is 17.5 Å². The summed E-state index contributed by atoms with van der Waals surface area (Å²) in [7, 11) is 0. The van der Waals surface area contributed by atoms with Gasteiger partial charge in [-0.3, -0.25) is 9.59 Å². The number of benzene rings is 2. The van der Waals surface area contributed by atoms with E-state index in [0.29, 0.717) is 19.4 Å². The van der Waals surface area contributed by atoms with Gasteiger partial charge in [0.05, 0.1) is 11.8 Å². The third-order valence-electron chi connectivity index (χ3n) is 4.13. The summed E-state index contributed by atoms with van der Waals surface area (Å²) in [5, 5.41) is 5.67. The summed E-state index contributed by atoms with van der Waals surface area (Å²) in [5.41, 5.74) is 1.70. The molecule has 2 unspecified atom stereocenters. The molecule has 0 aliphatic heterocycles. The van der Waals surface area contributed by atoms with Gasteiger partial charge in [0.25, 0.3) is 0 Å². The van der Waals surface area contributed by atoms with Gasteiger partial charge in [0, 0.05) is 12.2 Å². The molecule has 3 rings (SSSR count). The third kappa shape index (κ3) is 4.19. The van der Waals surface area contributed by atoms with E-state index in [2.05, 4.69) is 10.6 Å². The van der Waals surface area contributed by atoms with Crippen LogP contribution in [0.1, 0.15) is 12.0 Å². The van der Waals surface area contributed by atoms with Crippen LogP contribution in [0.5, 0.6) is 0 Å². The Morgan fingerprint density at radius 3 is 2.33 bits per heavy atom. The van der Waals surface area contributed by atoms with Crippen molar-refractivity contribution in [3.8, 4) is 0 Å². The smallest absolute Gasteiger partial charge is 0.228 e. The molecule has 4 nitrogen and oxygen atoms in total. The summed E-state index contributed by atoms with van der Waals surface area (Å²) in [6.07, 6.45) is 1.22. The van der Waals surface area contributed by atoms with Crippen molar-refractivity contribution in [2.75, 3.05) is 11.9 Å². The van der Waals surface area contributed by atoms with Gasteiger partial charge < -0.3 is 10.6 Å². The van der Waals surface area contributed by atoms with Gasteiger partial charge in [-0.25, -0.2) is 4.39 Å². The summed E-state index contributed by atoms with van der Waals surface area (Å²) in [4.78, 5) is 24.2. The fraction of sp³-hybridized carbons (Fsp3) is 0.263. The molecule has 124 valence electrons. The van der Waals surface area contributed by atoms with Crippen LogP contribution in [0.3, 0.4) is 0 Å². The normalized spacial score (nSPS) is 18.7. The fourth-order valence-electron chi connectivity index (χ4n) is 2.64. The molecule has 1 aliphatic rings. The molecule has 5 heteroatoms. The SMILES string of the molecule is O=C(NCCc1ccc(F)cc1)C1CC1C(=O)Nc1ccccc1. The molecule has 2 atom stereocenters. The number of amides is 2. The van der Waals surface area contributed by atoms with Crippen LogP contribution in [-0.4, -0.2) is 18.4 Å². The lowest BCUT2D eigenvalue weighted by Crippen LogP contribution is -2.29. The summed E-state index contributed by atoms with van der Waals surface area (Å²) >= 11 is 0. The zero-order chi connectivity index (χ0) is 16.9. The van der Waals surface area contributed by atoms with Gasteiger partial charge in [0.1, 0.15) is 5.82 Å². The molecule has 24 heavy (non-hydrogen) atoms. The molecule has 1 aliphatic carbocycles. The molecular weight excluding hydrogens is 307 g/mol. The maximum atomic E-state index is 12.8. The molecular formula is C19H19FN2O2. The molecule has 1 saturated carbocycles. The van der Waals surface area contributed by atoms with Crippen molar-refractivity contribution in [3.05, 3.63) is 66.0 Å². The molecule has 0 saturated heterocycles. The highest BCUT2D eigenvalue weighted by Crippen LogP contribution is 2.39. The first-order valence-corrected chi connectivity index (χ1v) is 8.01. The Balaban J connectivity index is 1.41. The van der Waals surface area contributed by atoms with Gasteiger partial charge in [0.2, 0.25) is 11.8 Å². The fourth-order valence-corrected chi connectivity index (χ4v) is 2.64. The van der Waals surface area contributed by atoms with E-state index in [1.165, 1.54) is 12.1 Å². The van der Waals surface area contributed by atoms with Crippen LogP contribution in [-0.2, 0) is 16.0 Å². The monoisotopic (exact) mass is 326 g/mol. The first kappa shape index (κ1) is 16.2. The minimum atomic E-state index is -0.270. The number of carbonyl (C=O) groups excluding carboxylic acids is 2. The van der Waals surface area contributed by atoms with E-state index < -0.39 is 0 Å². The van der Waals surface area contributed by atoms with Gasteiger partial charge in [-0.1, -0.05) is 30.3 Å². The predicted octanol–water partition coefficient (Wildman–Crippen LogP) is 2.76. The minimum absolute atomic E-state index is 0.0923. The standard InChI is InChI=1S/C19H19FN2O2/c20-14-8-6-13(7-9-14)10-11-21-18(23)16-12-17(16)19(24)22-15-4-2-1-3-5-15/h1-9,16-17H,10-12H2,(H,21,23)(H,22,24). The molecule has 0 aromatic heterocycles. The van der Waals surface area contributed by atoms with Crippen LogP contribution in [0.4, 0.5) is 10.1 Å². The van der Waals surface area contributed by atoms with Crippen molar-refractivity contribution in [2.24, 2.45) is 11.8 Å². The maximum absolute atomic E-state index is 12.8. The summed E-state index contributed by atoms with van der Waals surface area (Å²) in [6.45, 7) is 0.480. The van der Waals surface area contributed by atoms with E-state index in [1.807, 2.05) is 30.3 Å². The molecule has 0 bridgehead atoms. The second kappa shape index (κ2) is 7.25. The molecule has 2 aromatic carbocycles. The highest BCUT2D eigenvalue weighted by atomic mass is 19.1. The summed E-state index contributed by atoms with van der Waals surface area (Å²) in [5.74, 6) is -0.976. The van der Waals surface area contributed by atoms with Gasteiger partial charge in [-0.15, -0.1) is 0 Å². The molecule has 1 fully saturated rings. The van der Waals surface area contributed by atoms with E-state index in [-0.39, 0.29) is 29.5 Å². The predicted molar refractivity (Wildman–Crippen MR) is 89.8 cm³/mol. The van der Waals surface area contributed by atoms with Crippen LogP contribution in [0.25, 0.3) is 0 Å². The van der Waals surface area contributed by atoms with Crippen molar-refractivity contribution in [1.82, 2.24) is 5.32 Å². The number of anilines is 1. The first-order valence-electron chi connectivity index (χ1n) is 8.01. The second-order valence-corrected chi connectivity index (χ2v) is 5.97. The Morgan fingerprint density at radius 2 is 1.62 bits per heavy atom. The number of carbonyl (C=O) groups is 2. The molecule has 0 heterocycles. The lowest BCUT2D eigenvalue weighted by Gasteiger charge is -2.06. The quantitative estimate of drug-likeness (QED) is 0.857. The highest BCUT2D eigenvalue weighted by Gasteiger charge is 2.47. The Labute approximate surface area is 140 Å². The second-order valence-electron chi connectivity index (χ2n) is 5.97. The van der Waals surface area contributed by atoms with Crippen molar-refractivity contribution in [1.29, 1.82) is 0 Å². The van der Waals surface area contributed by atoms with Gasteiger partial charge >= 0.3 is 0 Å². The van der Waals surface area contributed by atoms with E-state index >= 15 is 0 Å². The number of hydrogen-bond donors (Lipinski definition) is 2. The van der Waals surface area contributed by atoms with Gasteiger partial charge in [-0.05, 0) is 42.7 Å². The minimum Gasteiger partial charge on any atom is -0.356 e. The van der Waals surface area contributed by atoms with Crippen LogP contribution < -0.4 is 10.6 Å². The largest absolute Gasteiger partial charge is 0.356 e. The average Bonchev–Trinajstić information content (AvgIpc) is 3.38. The number of rotatable bonds is 6. The Morgan fingerprint density at radius 1 is 0.958 bits per heavy atom. The molecule has 2 N–H and O–H groups in total. The average molecular weight is 326 g/mol. The highest BCUT2D eigenvalue weighted by molar-refractivity contribution is 5.99. The zero-order valence-electron chi connectivity index (χ0n) is 13.2. The van der Waals surface area contributed by atoms with Gasteiger partial charge in [-0.2, -0.15) is 0 Å². The zero-order valence-corrected chi connectivity index (χ0v) is 13.2. The van der Waals surface area contributed by atoms with Crippen LogP contribution in [0.15, 0.2) is 54.6 Å². The molecule has 0 radical (unpaired) electrons. The summed E-state index contributed by atoms with van der Waals surface area (Å²) in [6, 6.07) is 15.4. The maximum Gasteiger partial charge on any atom is 0.228 e. The van der Waals surface area contributed by atoms with E-state index in [9.17, 15) is 14.0 Å². The molecule has 2 amide bonds. The van der Waals surface area contributed by atoms with Crippen LogP contribution in [0.2, 0.25) is 0 Å². The number of nitrogens with one attached hydrogen (secondary N) is 2. The van der Waals surface area contributed by atoms with Crippen molar-refractivity contribution < 1.29 is 14.0 Å². The molecule has 0 spiro atoms. The number of para-hydroxylation sites is 1. The Hall–Kier alpha value is -2.69. The van der Waals surface area contributed by atoms with E-state index in [4.69, 9.17) is 0 Å². The van der Waals surface area contributed by atoms with Gasteiger partial charge in [0.15, 0.2) is 0 Å². The van der Waals surface area contributed by atoms with Crippen molar-refractivity contribution in [3.63, 3.8) is 0 Å². The lowest BCUT2D eigenvalue weighted by atomic mass is 10.1. The Kier molecular flexibility index (Phi) is 4.89. The number of halogens is 1. The van der Waals surface area contributed by atoms with Crippen LogP contribution in [0, 0.1) is 17.7 Å². The number of hydrogen-bond acceptors (Lipinski definition) is 2. The first-order chi connectivity index (χ1) is 11.6. The lowest BCUT2D eigenvalue weighted by molar-refractivity contribution is -0.125. The topological polar surface area (TPSA) is 58.2 Å².